The highest BCUT2D eigenvalue weighted by Gasteiger charge is 2.24. The smallest absolute Gasteiger partial charge is 0.329 e. The number of hydrogen-bond acceptors (Lipinski definition) is 5. The lowest BCUT2D eigenvalue weighted by molar-refractivity contribution is -0.145. The largest absolute Gasteiger partial charge is 0.467 e. The number of carbonyl (C=O) groups is 2. The fourth-order valence-electron chi connectivity index (χ4n) is 1.76. The Bertz CT molecular complexity index is 420. The molecule has 1 aromatic heterocycles. The number of ether oxygens (including phenoxy) is 1. The normalized spacial score (nSPS) is 13.9. The van der Waals surface area contributed by atoms with Crippen LogP contribution in [0.2, 0.25) is 0 Å². The molecule has 0 aliphatic heterocycles. The Morgan fingerprint density at radius 1 is 1.53 bits per heavy atom. The minimum Gasteiger partial charge on any atom is -0.467 e. The predicted octanol–water partition coefficient (Wildman–Crippen LogP) is 1.42. The number of methoxy groups -OCH3 is 1. The van der Waals surface area contributed by atoms with E-state index in [1.807, 2.05) is 23.4 Å². The monoisotopic (exact) mass is 284 g/mol. The van der Waals surface area contributed by atoms with Crippen LogP contribution in [0.1, 0.15) is 24.8 Å². The number of thiophene rings is 1. The van der Waals surface area contributed by atoms with Crippen molar-refractivity contribution >= 4 is 23.2 Å². The van der Waals surface area contributed by atoms with E-state index in [0.29, 0.717) is 6.54 Å². The average molecular weight is 284 g/mol. The lowest BCUT2D eigenvalue weighted by atomic mass is 10.2. The van der Waals surface area contributed by atoms with Gasteiger partial charge in [0.05, 0.1) is 7.11 Å². The topological polar surface area (TPSA) is 58.6 Å². The molecule has 6 heteroatoms. The Kier molecular flexibility index (Phi) is 5.98. The molecule has 0 radical (unpaired) electrons. The fourth-order valence-corrected chi connectivity index (χ4v) is 2.61. The molecular formula is C13H20N2O3S. The maximum atomic E-state index is 11.6. The molecule has 0 fully saturated rings. The summed E-state index contributed by atoms with van der Waals surface area (Å²) in [6.45, 7) is 3.86. The van der Waals surface area contributed by atoms with Gasteiger partial charge in [0.15, 0.2) is 0 Å². The van der Waals surface area contributed by atoms with Gasteiger partial charge in [0.2, 0.25) is 5.91 Å². The van der Waals surface area contributed by atoms with Crippen molar-refractivity contribution in [1.82, 2.24) is 10.2 Å². The van der Waals surface area contributed by atoms with Crippen molar-refractivity contribution in [3.63, 3.8) is 0 Å². The van der Waals surface area contributed by atoms with Crippen molar-refractivity contribution < 1.29 is 14.3 Å². The molecule has 1 aromatic rings. The van der Waals surface area contributed by atoms with Crippen molar-refractivity contribution in [1.29, 1.82) is 0 Å². The van der Waals surface area contributed by atoms with Gasteiger partial charge in [-0.2, -0.15) is 0 Å². The number of hydrogen-bond donors (Lipinski definition) is 1. The van der Waals surface area contributed by atoms with Gasteiger partial charge < -0.3 is 10.1 Å². The van der Waals surface area contributed by atoms with Crippen LogP contribution in [0.15, 0.2) is 17.5 Å². The van der Waals surface area contributed by atoms with Gasteiger partial charge in [-0.15, -0.1) is 11.3 Å². The SMILES string of the molecule is COC(=O)C(CN(C)C(C)c1cccs1)NC(C)=O. The van der Waals surface area contributed by atoms with E-state index in [1.54, 1.807) is 11.3 Å². The van der Waals surface area contributed by atoms with Crippen LogP contribution >= 0.6 is 11.3 Å². The number of rotatable bonds is 6. The van der Waals surface area contributed by atoms with Gasteiger partial charge >= 0.3 is 5.97 Å². The summed E-state index contributed by atoms with van der Waals surface area (Å²) in [5.74, 6) is -0.673. The summed E-state index contributed by atoms with van der Waals surface area (Å²) in [4.78, 5) is 26.0. The third-order valence-electron chi connectivity index (χ3n) is 2.95. The molecule has 0 saturated heterocycles. The van der Waals surface area contributed by atoms with Gasteiger partial charge in [0, 0.05) is 24.4 Å². The molecule has 0 aromatic carbocycles. The van der Waals surface area contributed by atoms with Crippen LogP contribution in [-0.4, -0.2) is 43.5 Å². The van der Waals surface area contributed by atoms with Crippen LogP contribution in [0, 0.1) is 0 Å². The molecule has 2 atom stereocenters. The second-order valence-electron chi connectivity index (χ2n) is 4.41. The molecule has 1 N–H and O–H groups in total. The first-order chi connectivity index (χ1) is 8.95. The molecule has 1 rings (SSSR count). The number of carbonyl (C=O) groups excluding carboxylic acids is 2. The van der Waals surface area contributed by atoms with E-state index in [-0.39, 0.29) is 11.9 Å². The Morgan fingerprint density at radius 3 is 2.68 bits per heavy atom. The molecule has 5 nitrogen and oxygen atoms in total. The van der Waals surface area contributed by atoms with Crippen molar-refractivity contribution in [2.45, 2.75) is 25.9 Å². The zero-order valence-electron chi connectivity index (χ0n) is 11.7. The summed E-state index contributed by atoms with van der Waals surface area (Å²) in [6, 6.07) is 3.59. The Morgan fingerprint density at radius 2 is 2.21 bits per heavy atom. The average Bonchev–Trinajstić information content (AvgIpc) is 2.89. The van der Waals surface area contributed by atoms with Gasteiger partial charge in [0.25, 0.3) is 0 Å². The minimum atomic E-state index is -0.644. The lowest BCUT2D eigenvalue weighted by Gasteiger charge is -2.27. The summed E-state index contributed by atoms with van der Waals surface area (Å²) in [5.41, 5.74) is 0. The van der Waals surface area contributed by atoms with Gasteiger partial charge in [-0.05, 0) is 25.4 Å². The number of nitrogens with one attached hydrogen (secondary N) is 1. The third kappa shape index (κ3) is 4.65. The highest BCUT2D eigenvalue weighted by Crippen LogP contribution is 2.23. The van der Waals surface area contributed by atoms with Crippen LogP contribution in [0.5, 0.6) is 0 Å². The molecule has 0 aliphatic carbocycles. The molecule has 1 heterocycles. The van der Waals surface area contributed by atoms with Crippen LogP contribution in [0.3, 0.4) is 0 Å². The van der Waals surface area contributed by atoms with E-state index in [1.165, 1.54) is 18.9 Å². The van der Waals surface area contributed by atoms with E-state index in [2.05, 4.69) is 18.3 Å². The predicted molar refractivity (Wildman–Crippen MR) is 75.0 cm³/mol. The van der Waals surface area contributed by atoms with Crippen LogP contribution < -0.4 is 5.32 Å². The number of likely N-dealkylation sites (N-methyl/N-ethyl adjacent to an activating group) is 1. The first-order valence-electron chi connectivity index (χ1n) is 6.04. The highest BCUT2D eigenvalue weighted by atomic mass is 32.1. The van der Waals surface area contributed by atoms with Crippen molar-refractivity contribution in [3.05, 3.63) is 22.4 Å². The van der Waals surface area contributed by atoms with Crippen LogP contribution in [0.25, 0.3) is 0 Å². The van der Waals surface area contributed by atoms with E-state index >= 15 is 0 Å². The maximum Gasteiger partial charge on any atom is 0.329 e. The van der Waals surface area contributed by atoms with Gasteiger partial charge in [-0.3, -0.25) is 9.69 Å². The summed E-state index contributed by atoms with van der Waals surface area (Å²) in [7, 11) is 3.24. The summed E-state index contributed by atoms with van der Waals surface area (Å²) >= 11 is 1.67. The van der Waals surface area contributed by atoms with E-state index in [9.17, 15) is 9.59 Å². The van der Waals surface area contributed by atoms with Gasteiger partial charge in [-0.1, -0.05) is 6.07 Å². The van der Waals surface area contributed by atoms with E-state index in [4.69, 9.17) is 4.74 Å². The summed E-state index contributed by atoms with van der Waals surface area (Å²) < 4.78 is 4.71. The zero-order chi connectivity index (χ0) is 14.4. The molecule has 19 heavy (non-hydrogen) atoms. The molecule has 0 aliphatic rings. The van der Waals surface area contributed by atoms with E-state index < -0.39 is 12.0 Å². The zero-order valence-corrected chi connectivity index (χ0v) is 12.5. The summed E-state index contributed by atoms with van der Waals surface area (Å²) in [6.07, 6.45) is 0. The van der Waals surface area contributed by atoms with Crippen molar-refractivity contribution in [3.8, 4) is 0 Å². The second-order valence-corrected chi connectivity index (χ2v) is 5.39. The van der Waals surface area contributed by atoms with Gasteiger partial charge in [0.1, 0.15) is 6.04 Å². The van der Waals surface area contributed by atoms with Crippen molar-refractivity contribution in [2.75, 3.05) is 20.7 Å². The maximum absolute atomic E-state index is 11.6. The lowest BCUT2D eigenvalue weighted by Crippen LogP contribution is -2.47. The first kappa shape index (κ1) is 15.7. The van der Waals surface area contributed by atoms with Gasteiger partial charge in [-0.25, -0.2) is 4.79 Å². The Hall–Kier alpha value is -1.40. The molecule has 2 unspecified atom stereocenters. The fraction of sp³-hybridized carbons (Fsp3) is 0.538. The molecule has 0 spiro atoms. The quantitative estimate of drug-likeness (QED) is 0.803. The molecule has 0 saturated carbocycles. The standard InChI is InChI=1S/C13H20N2O3S/c1-9(12-6-5-7-19-12)15(3)8-11(13(17)18-4)14-10(2)16/h5-7,9,11H,8H2,1-4H3,(H,14,16). The molecular weight excluding hydrogens is 264 g/mol. The Labute approximate surface area is 117 Å². The molecule has 1 amide bonds. The minimum absolute atomic E-state index is 0.181. The van der Waals surface area contributed by atoms with E-state index in [0.717, 1.165) is 0 Å². The summed E-state index contributed by atoms with van der Waals surface area (Å²) in [5, 5.41) is 4.63. The van der Waals surface area contributed by atoms with Crippen LogP contribution in [0.4, 0.5) is 0 Å². The number of esters is 1. The second kappa shape index (κ2) is 7.25. The number of amides is 1. The molecule has 0 bridgehead atoms. The first-order valence-corrected chi connectivity index (χ1v) is 6.92. The van der Waals surface area contributed by atoms with Crippen molar-refractivity contribution in [2.24, 2.45) is 0 Å². The van der Waals surface area contributed by atoms with Crippen LogP contribution in [-0.2, 0) is 14.3 Å². The molecule has 106 valence electrons. The highest BCUT2D eigenvalue weighted by molar-refractivity contribution is 7.10. The Balaban J connectivity index is 2.67. The number of nitrogens with zero attached hydrogens (tertiary/aromatic N) is 1. The third-order valence-corrected chi connectivity index (χ3v) is 3.99.